The van der Waals surface area contributed by atoms with Gasteiger partial charge in [-0.1, -0.05) is 23.7 Å². The molecule has 298 valence electrons. The van der Waals surface area contributed by atoms with E-state index in [1.54, 1.807) is 24.0 Å². The maximum atomic E-state index is 15.0. The van der Waals surface area contributed by atoms with Crippen LogP contribution in [0.4, 0.5) is 13.6 Å². The molecule has 0 radical (unpaired) electrons. The van der Waals surface area contributed by atoms with Gasteiger partial charge in [-0.05, 0) is 121 Å². The summed E-state index contributed by atoms with van der Waals surface area (Å²) in [5, 5.41) is 16.4. The van der Waals surface area contributed by atoms with Gasteiger partial charge in [-0.25, -0.2) is 13.6 Å². The second kappa shape index (κ2) is 15.6. The summed E-state index contributed by atoms with van der Waals surface area (Å²) < 4.78 is 47.0. The zero-order valence-corrected chi connectivity index (χ0v) is 34.2. The van der Waals surface area contributed by atoms with Crippen LogP contribution in [0.5, 0.6) is 5.75 Å². The summed E-state index contributed by atoms with van der Waals surface area (Å²) in [6.07, 6.45) is 6.08. The van der Waals surface area contributed by atoms with Crippen LogP contribution in [0.3, 0.4) is 0 Å². The lowest BCUT2D eigenvalue weighted by atomic mass is 9.82. The summed E-state index contributed by atoms with van der Waals surface area (Å²) in [4.78, 5) is 31.1. The molecule has 0 bridgehead atoms. The van der Waals surface area contributed by atoms with E-state index in [1.165, 1.54) is 0 Å². The predicted molar refractivity (Wildman–Crippen MR) is 211 cm³/mol. The molecule has 1 aromatic heterocycles. The third kappa shape index (κ3) is 9.06. The van der Waals surface area contributed by atoms with Gasteiger partial charge in [0, 0.05) is 37.8 Å². The molecule has 2 amide bonds. The number of aliphatic hydroxyl groups excluding tert-OH is 1. The van der Waals surface area contributed by atoms with Gasteiger partial charge in [0.2, 0.25) is 6.41 Å². The predicted octanol–water partition coefficient (Wildman–Crippen LogP) is 8.56. The Morgan fingerprint density at radius 1 is 1.09 bits per heavy atom. The number of carbonyl (C=O) groups excluding carboxylic acids is 2. The number of amides is 2. The van der Waals surface area contributed by atoms with Crippen molar-refractivity contribution in [1.29, 1.82) is 0 Å². The number of allylic oxidation sites excluding steroid dienone is 2. The number of hydrogen-bond acceptors (Lipinski definition) is 9. The van der Waals surface area contributed by atoms with Gasteiger partial charge < -0.3 is 39.8 Å². The molecule has 2 unspecified atom stereocenters. The molecular formula is C41H51ClF2N4O6S. The van der Waals surface area contributed by atoms with Crippen LogP contribution in [0.25, 0.3) is 15.7 Å². The number of benzene rings is 2. The summed E-state index contributed by atoms with van der Waals surface area (Å²) >= 11 is 7.57. The zero-order chi connectivity index (χ0) is 40.0. The van der Waals surface area contributed by atoms with Crippen molar-refractivity contribution in [2.45, 2.75) is 110 Å². The second-order valence-electron chi connectivity index (χ2n) is 16.7. The highest BCUT2D eigenvalue weighted by molar-refractivity contribution is 7.21. The van der Waals surface area contributed by atoms with E-state index >= 15 is 0 Å². The molecule has 2 fully saturated rings. The molecule has 1 spiro atoms. The molecule has 2 aromatic carbocycles. The number of rotatable bonds is 10. The van der Waals surface area contributed by atoms with Gasteiger partial charge in [-0.15, -0.1) is 11.3 Å². The van der Waals surface area contributed by atoms with E-state index in [1.807, 2.05) is 71.9 Å². The van der Waals surface area contributed by atoms with Gasteiger partial charge >= 0.3 is 6.09 Å². The second-order valence-corrected chi connectivity index (χ2v) is 18.1. The fraction of sp³-hybridized carbons (Fsp3) is 0.512. The van der Waals surface area contributed by atoms with E-state index in [9.17, 15) is 23.5 Å². The van der Waals surface area contributed by atoms with Crippen LogP contribution < -0.4 is 15.4 Å². The van der Waals surface area contributed by atoms with Crippen molar-refractivity contribution in [3.63, 3.8) is 0 Å². The van der Waals surface area contributed by atoms with E-state index in [0.717, 1.165) is 72.3 Å². The van der Waals surface area contributed by atoms with E-state index in [2.05, 4.69) is 10.6 Å². The lowest BCUT2D eigenvalue weighted by molar-refractivity contribution is -0.177. The highest BCUT2D eigenvalue weighted by atomic mass is 35.5. The first kappa shape index (κ1) is 40.7. The van der Waals surface area contributed by atoms with Crippen molar-refractivity contribution in [3.8, 4) is 5.75 Å². The Kier molecular flexibility index (Phi) is 11.5. The molecule has 3 N–H and O–H groups in total. The van der Waals surface area contributed by atoms with Gasteiger partial charge in [0.1, 0.15) is 33.7 Å². The highest BCUT2D eigenvalue weighted by Crippen LogP contribution is 2.60. The van der Waals surface area contributed by atoms with E-state index in [-0.39, 0.29) is 50.1 Å². The Balaban J connectivity index is 1.30. The van der Waals surface area contributed by atoms with Crippen molar-refractivity contribution >= 4 is 50.6 Å². The van der Waals surface area contributed by atoms with E-state index < -0.39 is 35.2 Å². The molecule has 2 heterocycles. The lowest BCUT2D eigenvalue weighted by Gasteiger charge is -2.37. The number of methoxy groups -OCH3 is 1. The number of ether oxygens (including phenoxy) is 3. The first-order valence-electron chi connectivity index (χ1n) is 18.6. The van der Waals surface area contributed by atoms with Crippen LogP contribution in [-0.4, -0.2) is 77.3 Å². The molecule has 2 aliphatic carbocycles. The number of nitrogens with one attached hydrogen (secondary N) is 2. The summed E-state index contributed by atoms with van der Waals surface area (Å²) in [6.45, 7) is 11.7. The maximum Gasteiger partial charge on any atom is 0.410 e. The molecule has 2 atom stereocenters. The number of hydrogen-bond donors (Lipinski definition) is 3. The average Bonchev–Trinajstić information content (AvgIpc) is 3.67. The number of dihydropyridines is 1. The summed E-state index contributed by atoms with van der Waals surface area (Å²) in [6, 6.07) is 7.62. The minimum Gasteiger partial charge on any atom is -0.496 e. The standard InChI is InChI=1S/C41H51ClF2N4O6S/c1-39(2,3)53-37(50)46-31-20-24(15-18-45-31)23-9-12-29(52-8)25(19-23)22-48(36(49)35-33(42)32-27(43)10-11-28(44)34(32)55-35)30-21-41(30)16-13-26(14-17-41)47(7)38(51)54-40(4,5)6/h9-12,15,19-20,26,30,37,45-46,50H,13-14,16-18,21-22H2,1-8H3. The van der Waals surface area contributed by atoms with Crippen LogP contribution >= 0.6 is 22.9 Å². The fourth-order valence-electron chi connectivity index (χ4n) is 7.63. The molecule has 55 heavy (non-hydrogen) atoms. The van der Waals surface area contributed by atoms with Crippen molar-refractivity contribution < 1.29 is 37.7 Å². The molecule has 3 aromatic rings. The Bertz CT molecular complexity index is 2010. The Labute approximate surface area is 330 Å². The quantitative estimate of drug-likeness (QED) is 0.175. The molecule has 10 nitrogen and oxygen atoms in total. The summed E-state index contributed by atoms with van der Waals surface area (Å²) in [5.74, 6) is -0.595. The Hall–Kier alpha value is -3.91. The van der Waals surface area contributed by atoms with Crippen molar-refractivity contribution in [1.82, 2.24) is 20.4 Å². The highest BCUT2D eigenvalue weighted by Gasteiger charge is 2.59. The van der Waals surface area contributed by atoms with Crippen LogP contribution in [0, 0.1) is 17.0 Å². The van der Waals surface area contributed by atoms with E-state index in [4.69, 9.17) is 25.8 Å². The van der Waals surface area contributed by atoms with Gasteiger partial charge in [-0.2, -0.15) is 0 Å². The minimum atomic E-state index is -1.23. The molecular weight excluding hydrogens is 750 g/mol. The minimum absolute atomic E-state index is 0.00234. The number of nitrogens with zero attached hydrogens (tertiary/aromatic N) is 2. The fourth-order valence-corrected chi connectivity index (χ4v) is 9.14. The summed E-state index contributed by atoms with van der Waals surface area (Å²) in [5.41, 5.74) is 1.11. The first-order chi connectivity index (χ1) is 25.8. The number of carbonyl (C=O) groups is 2. The summed E-state index contributed by atoms with van der Waals surface area (Å²) in [7, 11) is 3.34. The zero-order valence-electron chi connectivity index (χ0n) is 32.6. The normalized spacial score (nSPS) is 21.7. The topological polar surface area (TPSA) is 113 Å². The van der Waals surface area contributed by atoms with Gasteiger partial charge in [0.15, 0.2) is 0 Å². The number of thiophene rings is 1. The number of fused-ring (bicyclic) bond motifs is 1. The molecule has 0 saturated heterocycles. The monoisotopic (exact) mass is 800 g/mol. The van der Waals surface area contributed by atoms with Gasteiger partial charge in [-0.3, -0.25) is 4.79 Å². The average molecular weight is 801 g/mol. The van der Waals surface area contributed by atoms with Crippen molar-refractivity contribution in [2.24, 2.45) is 5.41 Å². The molecule has 14 heteroatoms. The van der Waals surface area contributed by atoms with Gasteiger partial charge in [0.25, 0.3) is 5.91 Å². The number of aliphatic hydroxyl groups is 1. The SMILES string of the molecule is COc1ccc(C2=CCNC(NC(O)OC(C)(C)C)=C2)cc1CN(C(=O)c1sc2c(F)ccc(F)c2c1Cl)C1CC12CCC(N(C)C(=O)OC(C)(C)C)CC2. The van der Waals surface area contributed by atoms with E-state index in [0.29, 0.717) is 18.1 Å². The lowest BCUT2D eigenvalue weighted by Crippen LogP contribution is -2.43. The third-order valence-electron chi connectivity index (χ3n) is 10.5. The smallest absolute Gasteiger partial charge is 0.410 e. The van der Waals surface area contributed by atoms with Crippen LogP contribution in [0.2, 0.25) is 5.02 Å². The first-order valence-corrected chi connectivity index (χ1v) is 19.8. The molecule has 2 saturated carbocycles. The molecule has 6 rings (SSSR count). The largest absolute Gasteiger partial charge is 0.496 e. The van der Waals surface area contributed by atoms with Crippen molar-refractivity contribution in [3.05, 3.63) is 81.0 Å². The van der Waals surface area contributed by atoms with Crippen LogP contribution in [0.15, 0.2) is 48.3 Å². The Morgan fingerprint density at radius 3 is 2.42 bits per heavy atom. The van der Waals surface area contributed by atoms with Gasteiger partial charge in [0.05, 0.1) is 27.8 Å². The molecule has 1 aliphatic heterocycles. The third-order valence-corrected chi connectivity index (χ3v) is 12.1. The number of halogens is 3. The Morgan fingerprint density at radius 2 is 1.78 bits per heavy atom. The van der Waals surface area contributed by atoms with Crippen LogP contribution in [0.1, 0.15) is 94.4 Å². The molecule has 3 aliphatic rings. The van der Waals surface area contributed by atoms with Crippen molar-refractivity contribution in [2.75, 3.05) is 20.7 Å². The van der Waals surface area contributed by atoms with Crippen LogP contribution in [-0.2, 0) is 16.0 Å². The maximum absolute atomic E-state index is 15.0.